The number of hydrogen-bond acceptors (Lipinski definition) is 6. The molecule has 0 spiro atoms. The van der Waals surface area contributed by atoms with Gasteiger partial charge in [0.15, 0.2) is 11.5 Å². The summed E-state index contributed by atoms with van der Waals surface area (Å²) in [6.07, 6.45) is 1.54. The van der Waals surface area contributed by atoms with Crippen LogP contribution in [0.2, 0.25) is 0 Å². The molecule has 4 rings (SSSR count). The summed E-state index contributed by atoms with van der Waals surface area (Å²) < 4.78 is 24.9. The first-order valence-corrected chi connectivity index (χ1v) is 9.91. The van der Waals surface area contributed by atoms with Gasteiger partial charge in [0.25, 0.3) is 5.56 Å². The van der Waals surface area contributed by atoms with Crippen LogP contribution in [0.1, 0.15) is 0 Å². The zero-order chi connectivity index (χ0) is 22.0. The second-order valence-corrected chi connectivity index (χ2v) is 7.22. The third-order valence-corrected chi connectivity index (χ3v) is 5.47. The van der Waals surface area contributed by atoms with E-state index in [2.05, 4.69) is 10.00 Å². The van der Waals surface area contributed by atoms with Crippen LogP contribution in [0, 0.1) is 5.82 Å². The van der Waals surface area contributed by atoms with E-state index in [-0.39, 0.29) is 18.3 Å². The fourth-order valence-electron chi connectivity index (χ4n) is 3.79. The lowest BCUT2D eigenvalue weighted by atomic mass is 10.1. The van der Waals surface area contributed by atoms with E-state index < -0.39 is 5.56 Å². The first-order valence-electron chi connectivity index (χ1n) is 9.91. The number of amides is 1. The zero-order valence-corrected chi connectivity index (χ0v) is 17.4. The predicted octanol–water partition coefficient (Wildman–Crippen LogP) is 1.90. The monoisotopic (exact) mass is 426 g/mol. The fourth-order valence-corrected chi connectivity index (χ4v) is 3.79. The Morgan fingerprint density at radius 2 is 1.74 bits per heavy atom. The lowest BCUT2D eigenvalue weighted by Crippen LogP contribution is -2.50. The van der Waals surface area contributed by atoms with Gasteiger partial charge in [-0.2, -0.15) is 5.10 Å². The first-order chi connectivity index (χ1) is 15.0. The van der Waals surface area contributed by atoms with Gasteiger partial charge in [-0.1, -0.05) is 0 Å². The highest BCUT2D eigenvalue weighted by molar-refractivity contribution is 5.89. The second kappa shape index (κ2) is 8.63. The van der Waals surface area contributed by atoms with E-state index in [9.17, 15) is 14.0 Å². The maximum absolute atomic E-state index is 13.1. The van der Waals surface area contributed by atoms with Crippen molar-refractivity contribution in [2.45, 2.75) is 6.54 Å². The van der Waals surface area contributed by atoms with E-state index in [0.29, 0.717) is 48.5 Å². The van der Waals surface area contributed by atoms with Crippen molar-refractivity contribution >= 4 is 22.4 Å². The number of benzene rings is 2. The Kier molecular flexibility index (Phi) is 5.75. The molecule has 0 bridgehead atoms. The van der Waals surface area contributed by atoms with E-state index in [1.165, 1.54) is 26.4 Å². The molecule has 0 saturated carbocycles. The van der Waals surface area contributed by atoms with Crippen molar-refractivity contribution in [1.29, 1.82) is 0 Å². The van der Waals surface area contributed by atoms with E-state index in [4.69, 9.17) is 9.47 Å². The van der Waals surface area contributed by atoms with Gasteiger partial charge in [0, 0.05) is 37.3 Å². The Labute approximate surface area is 178 Å². The topological polar surface area (TPSA) is 76.9 Å². The average Bonchev–Trinajstić information content (AvgIpc) is 2.80. The van der Waals surface area contributed by atoms with E-state index in [1.54, 1.807) is 35.4 Å². The molecule has 2 aromatic carbocycles. The molecule has 1 amide bonds. The van der Waals surface area contributed by atoms with Crippen molar-refractivity contribution in [1.82, 2.24) is 14.7 Å². The number of halogens is 1. The normalized spacial score (nSPS) is 14.0. The molecule has 3 aromatic rings. The molecule has 2 heterocycles. The highest BCUT2D eigenvalue weighted by Gasteiger charge is 2.23. The van der Waals surface area contributed by atoms with Gasteiger partial charge in [-0.3, -0.25) is 9.59 Å². The highest BCUT2D eigenvalue weighted by atomic mass is 19.1. The molecule has 0 N–H and O–H groups in total. The summed E-state index contributed by atoms with van der Waals surface area (Å²) in [5, 5.41) is 5.09. The van der Waals surface area contributed by atoms with Crippen LogP contribution in [0.15, 0.2) is 47.4 Å². The summed E-state index contributed by atoms with van der Waals surface area (Å²) >= 11 is 0. The first kappa shape index (κ1) is 20.6. The number of fused-ring (bicyclic) bond motifs is 1. The van der Waals surface area contributed by atoms with Crippen molar-refractivity contribution in [2.24, 2.45) is 0 Å². The van der Waals surface area contributed by atoms with Crippen molar-refractivity contribution in [3.05, 3.63) is 58.8 Å². The number of ether oxygens (including phenoxy) is 2. The molecule has 9 heteroatoms. The summed E-state index contributed by atoms with van der Waals surface area (Å²) in [5.41, 5.74) is 0.508. The summed E-state index contributed by atoms with van der Waals surface area (Å²) in [6, 6.07) is 9.74. The Bertz CT molecular complexity index is 1150. The summed E-state index contributed by atoms with van der Waals surface area (Å²) in [7, 11) is 2.96. The van der Waals surface area contributed by atoms with Crippen molar-refractivity contribution in [3.8, 4) is 11.5 Å². The Morgan fingerprint density at radius 1 is 1.03 bits per heavy atom. The van der Waals surface area contributed by atoms with Crippen LogP contribution >= 0.6 is 0 Å². The smallest absolute Gasteiger partial charge is 0.279 e. The molecule has 1 aromatic heterocycles. The van der Waals surface area contributed by atoms with Gasteiger partial charge in [-0.15, -0.1) is 0 Å². The van der Waals surface area contributed by atoms with Gasteiger partial charge in [-0.05, 0) is 36.4 Å². The summed E-state index contributed by atoms with van der Waals surface area (Å²) in [5.74, 6) is 0.296. The number of carbonyl (C=O) groups excluding carboxylic acids is 1. The number of hydrogen-bond donors (Lipinski definition) is 0. The maximum Gasteiger partial charge on any atom is 0.279 e. The van der Waals surface area contributed by atoms with Gasteiger partial charge in [0.2, 0.25) is 5.91 Å². The van der Waals surface area contributed by atoms with Gasteiger partial charge < -0.3 is 19.3 Å². The van der Waals surface area contributed by atoms with E-state index >= 15 is 0 Å². The molecule has 162 valence electrons. The van der Waals surface area contributed by atoms with E-state index in [1.807, 2.05) is 0 Å². The molecule has 1 fully saturated rings. The molecule has 1 aliphatic rings. The predicted molar refractivity (Wildman–Crippen MR) is 114 cm³/mol. The van der Waals surface area contributed by atoms with Gasteiger partial charge in [0.05, 0.1) is 25.8 Å². The molecule has 1 aliphatic heterocycles. The number of methoxy groups -OCH3 is 2. The number of carbonyl (C=O) groups is 1. The molecule has 0 atom stereocenters. The largest absolute Gasteiger partial charge is 0.493 e. The van der Waals surface area contributed by atoms with Gasteiger partial charge >= 0.3 is 0 Å². The Hall–Kier alpha value is -3.62. The van der Waals surface area contributed by atoms with Crippen LogP contribution in [0.4, 0.5) is 10.1 Å². The molecular weight excluding hydrogens is 403 g/mol. The molecule has 31 heavy (non-hydrogen) atoms. The van der Waals surface area contributed by atoms with Crippen LogP contribution < -0.4 is 19.9 Å². The molecule has 8 nitrogen and oxygen atoms in total. The summed E-state index contributed by atoms with van der Waals surface area (Å²) in [4.78, 5) is 29.6. The number of piperazine rings is 1. The van der Waals surface area contributed by atoms with Crippen LogP contribution in [-0.4, -0.2) is 61.0 Å². The lowest BCUT2D eigenvalue weighted by Gasteiger charge is -2.36. The van der Waals surface area contributed by atoms with Crippen LogP contribution in [0.5, 0.6) is 11.5 Å². The highest BCUT2D eigenvalue weighted by Crippen LogP contribution is 2.32. The molecular formula is C22H23FN4O4. The Balaban J connectivity index is 1.49. The van der Waals surface area contributed by atoms with Gasteiger partial charge in [0.1, 0.15) is 12.4 Å². The molecule has 0 radical (unpaired) electrons. The lowest BCUT2D eigenvalue weighted by molar-refractivity contribution is -0.132. The fraction of sp³-hybridized carbons (Fsp3) is 0.318. The van der Waals surface area contributed by atoms with Crippen LogP contribution in [0.25, 0.3) is 10.8 Å². The van der Waals surface area contributed by atoms with E-state index in [0.717, 1.165) is 10.4 Å². The number of rotatable bonds is 5. The van der Waals surface area contributed by atoms with Crippen LogP contribution in [0.3, 0.4) is 0 Å². The number of nitrogens with zero attached hydrogens (tertiary/aromatic N) is 4. The minimum absolute atomic E-state index is 0.161. The SMILES string of the molecule is COc1ccc2cnn(CC(=O)N3CCN(c4ccc(F)cc4)CC3)c(=O)c2c1OC. The van der Waals surface area contributed by atoms with Crippen molar-refractivity contribution in [2.75, 3.05) is 45.3 Å². The minimum Gasteiger partial charge on any atom is -0.493 e. The minimum atomic E-state index is -0.411. The van der Waals surface area contributed by atoms with Gasteiger partial charge in [-0.25, -0.2) is 9.07 Å². The third kappa shape index (κ3) is 4.03. The molecule has 0 unspecified atom stereocenters. The number of anilines is 1. The third-order valence-electron chi connectivity index (χ3n) is 5.47. The standard InChI is InChI=1S/C22H23FN4O4/c1-30-18-8-3-15-13-24-27(22(29)20(15)21(18)31-2)14-19(28)26-11-9-25(10-12-26)17-6-4-16(23)5-7-17/h3-8,13H,9-12,14H2,1-2H3. The maximum atomic E-state index is 13.1. The van der Waals surface area contributed by atoms with Crippen molar-refractivity contribution in [3.63, 3.8) is 0 Å². The molecule has 1 saturated heterocycles. The number of aromatic nitrogens is 2. The molecule has 0 aliphatic carbocycles. The van der Waals surface area contributed by atoms with Crippen LogP contribution in [-0.2, 0) is 11.3 Å². The second-order valence-electron chi connectivity index (χ2n) is 7.22. The van der Waals surface area contributed by atoms with Crippen molar-refractivity contribution < 1.29 is 18.7 Å². The zero-order valence-electron chi connectivity index (χ0n) is 17.4. The quantitative estimate of drug-likeness (QED) is 0.620. The average molecular weight is 426 g/mol. The Morgan fingerprint density at radius 3 is 2.39 bits per heavy atom. The summed E-state index contributed by atoms with van der Waals surface area (Å²) in [6.45, 7) is 2.11.